The fraction of sp³-hybridized carbons (Fsp3) is 0. The summed E-state index contributed by atoms with van der Waals surface area (Å²) in [7, 11) is 0. The highest BCUT2D eigenvalue weighted by atomic mass is 35.5. The van der Waals surface area contributed by atoms with Gasteiger partial charge >= 0.3 is 0 Å². The summed E-state index contributed by atoms with van der Waals surface area (Å²) in [5.41, 5.74) is 5.98. The fourth-order valence-electron chi connectivity index (χ4n) is 1.25. The third-order valence-electron chi connectivity index (χ3n) is 2.06. The van der Waals surface area contributed by atoms with Gasteiger partial charge in [0.1, 0.15) is 0 Å². The summed E-state index contributed by atoms with van der Waals surface area (Å²) in [6, 6.07) is 6.47. The lowest BCUT2D eigenvalue weighted by Gasteiger charge is -2.05. The summed E-state index contributed by atoms with van der Waals surface area (Å²) in [6.07, 6.45) is 0. The number of carbonyl (C=O) groups excluding carboxylic acids is 1. The number of nitrogens with one attached hydrogen (secondary N) is 2. The van der Waals surface area contributed by atoms with Crippen LogP contribution in [-0.2, 0) is 0 Å². The highest BCUT2D eigenvalue weighted by Crippen LogP contribution is 2.23. The number of anilines is 2. The molecule has 2 rings (SSSR count). The monoisotopic (exact) mass is 262 g/mol. The van der Waals surface area contributed by atoms with Crippen LogP contribution < -0.4 is 11.1 Å². The lowest BCUT2D eigenvalue weighted by Crippen LogP contribution is -2.14. The van der Waals surface area contributed by atoms with Gasteiger partial charge in [-0.2, -0.15) is 10.2 Å². The lowest BCUT2D eigenvalue weighted by molar-refractivity contribution is 0.101. The third kappa shape index (κ3) is 2.39. The van der Waals surface area contributed by atoms with Crippen molar-refractivity contribution in [3.63, 3.8) is 0 Å². The van der Waals surface area contributed by atoms with Crippen molar-refractivity contribution in [3.05, 3.63) is 34.6 Å². The smallest absolute Gasteiger partial charge is 0.293 e. The Morgan fingerprint density at radius 1 is 1.56 bits per heavy atom. The van der Waals surface area contributed by atoms with E-state index in [1.165, 1.54) is 12.1 Å². The Balaban J connectivity index is 2.24. The number of hydrogen-bond acceptors (Lipinski definition) is 5. The molecule has 2 aromatic rings. The fourth-order valence-corrected chi connectivity index (χ4v) is 1.41. The number of benzene rings is 1. The molecule has 0 fully saturated rings. The number of amides is 1. The van der Waals surface area contributed by atoms with Crippen molar-refractivity contribution >= 4 is 29.1 Å². The van der Waals surface area contributed by atoms with Crippen LogP contribution in [0.5, 0.6) is 0 Å². The third-order valence-corrected chi connectivity index (χ3v) is 2.39. The first-order chi connectivity index (χ1) is 8.60. The van der Waals surface area contributed by atoms with Gasteiger partial charge in [0.2, 0.25) is 11.8 Å². The van der Waals surface area contributed by atoms with E-state index in [0.29, 0.717) is 16.3 Å². The standard InChI is InChI=1S/C10H7ClN6O/c11-6-2-1-5(4-12)3-7(6)14-9(18)8-15-10(13)17-16-8/h1-3H,(H,14,18)(H3,13,15,16,17). The van der Waals surface area contributed by atoms with Gasteiger partial charge in [-0.25, -0.2) is 0 Å². The van der Waals surface area contributed by atoms with Crippen molar-refractivity contribution < 1.29 is 4.79 Å². The Morgan fingerprint density at radius 3 is 2.94 bits per heavy atom. The molecule has 0 saturated heterocycles. The van der Waals surface area contributed by atoms with Crippen molar-refractivity contribution in [2.24, 2.45) is 0 Å². The molecular weight excluding hydrogens is 256 g/mol. The normalized spacial score (nSPS) is 9.78. The molecule has 0 spiro atoms. The minimum Gasteiger partial charge on any atom is -0.366 e. The van der Waals surface area contributed by atoms with E-state index in [1.807, 2.05) is 6.07 Å². The largest absolute Gasteiger partial charge is 0.366 e. The molecule has 90 valence electrons. The zero-order valence-corrected chi connectivity index (χ0v) is 9.69. The molecule has 7 nitrogen and oxygen atoms in total. The second-order valence-electron chi connectivity index (χ2n) is 3.30. The van der Waals surface area contributed by atoms with Crippen molar-refractivity contribution in [2.75, 3.05) is 11.1 Å². The molecule has 1 heterocycles. The quantitative estimate of drug-likeness (QED) is 0.750. The Kier molecular flexibility index (Phi) is 3.12. The van der Waals surface area contributed by atoms with Crippen LogP contribution in [0, 0.1) is 11.3 Å². The molecule has 0 unspecified atom stereocenters. The van der Waals surface area contributed by atoms with Crippen LogP contribution in [0.1, 0.15) is 16.2 Å². The van der Waals surface area contributed by atoms with E-state index in [2.05, 4.69) is 20.5 Å². The van der Waals surface area contributed by atoms with Crippen LogP contribution in [0.25, 0.3) is 0 Å². The molecule has 0 saturated carbocycles. The Morgan fingerprint density at radius 2 is 2.33 bits per heavy atom. The molecule has 1 amide bonds. The maximum Gasteiger partial charge on any atom is 0.293 e. The molecule has 0 aliphatic carbocycles. The first-order valence-electron chi connectivity index (χ1n) is 4.79. The minimum atomic E-state index is -0.545. The average molecular weight is 263 g/mol. The van der Waals surface area contributed by atoms with Gasteiger partial charge in [-0.05, 0) is 18.2 Å². The topological polar surface area (TPSA) is 120 Å². The lowest BCUT2D eigenvalue weighted by atomic mass is 10.2. The van der Waals surface area contributed by atoms with E-state index in [0.717, 1.165) is 0 Å². The Hall–Kier alpha value is -2.59. The van der Waals surface area contributed by atoms with E-state index < -0.39 is 5.91 Å². The summed E-state index contributed by atoms with van der Waals surface area (Å²) in [4.78, 5) is 15.4. The van der Waals surface area contributed by atoms with E-state index >= 15 is 0 Å². The van der Waals surface area contributed by atoms with Crippen LogP contribution >= 0.6 is 11.6 Å². The molecular formula is C10H7ClN6O. The van der Waals surface area contributed by atoms with E-state index in [4.69, 9.17) is 22.6 Å². The number of halogens is 1. The van der Waals surface area contributed by atoms with Crippen LogP contribution in [0.4, 0.5) is 11.6 Å². The predicted octanol–water partition coefficient (Wildman–Crippen LogP) is 1.16. The number of nitriles is 1. The number of hydrogen-bond donors (Lipinski definition) is 3. The number of nitrogens with zero attached hydrogens (tertiary/aromatic N) is 3. The van der Waals surface area contributed by atoms with Gasteiger partial charge in [0.25, 0.3) is 5.91 Å². The van der Waals surface area contributed by atoms with Crippen LogP contribution in [0.3, 0.4) is 0 Å². The number of nitrogen functional groups attached to an aromatic ring is 1. The minimum absolute atomic E-state index is 0.0305. The number of carbonyl (C=O) groups is 1. The number of aromatic amines is 1. The molecule has 18 heavy (non-hydrogen) atoms. The van der Waals surface area contributed by atoms with Gasteiger partial charge in [0.05, 0.1) is 22.3 Å². The summed E-state index contributed by atoms with van der Waals surface area (Å²) in [6.45, 7) is 0. The number of nitrogens with two attached hydrogens (primary N) is 1. The zero-order chi connectivity index (χ0) is 13.1. The Bertz CT molecular complexity index is 644. The highest BCUT2D eigenvalue weighted by Gasteiger charge is 2.12. The van der Waals surface area contributed by atoms with Gasteiger partial charge in [-0.3, -0.25) is 9.89 Å². The van der Waals surface area contributed by atoms with Gasteiger partial charge in [0.15, 0.2) is 0 Å². The molecule has 0 bridgehead atoms. The predicted molar refractivity (Wildman–Crippen MR) is 64.9 cm³/mol. The maximum atomic E-state index is 11.7. The maximum absolute atomic E-state index is 11.7. The van der Waals surface area contributed by atoms with Gasteiger partial charge < -0.3 is 11.1 Å². The Labute approximate surface area is 107 Å². The molecule has 1 aromatic heterocycles. The van der Waals surface area contributed by atoms with Crippen LogP contribution in [-0.4, -0.2) is 21.1 Å². The first kappa shape index (κ1) is 11.9. The number of rotatable bonds is 2. The average Bonchev–Trinajstić information content (AvgIpc) is 2.79. The molecule has 0 aliphatic heterocycles. The van der Waals surface area contributed by atoms with E-state index in [1.54, 1.807) is 6.07 Å². The zero-order valence-electron chi connectivity index (χ0n) is 8.94. The van der Waals surface area contributed by atoms with Crippen molar-refractivity contribution in [2.45, 2.75) is 0 Å². The summed E-state index contributed by atoms with van der Waals surface area (Å²) < 4.78 is 0. The van der Waals surface area contributed by atoms with E-state index in [9.17, 15) is 4.79 Å². The molecule has 4 N–H and O–H groups in total. The number of aromatic nitrogens is 3. The number of H-pyrrole nitrogens is 1. The molecule has 8 heteroatoms. The SMILES string of the molecule is N#Cc1ccc(Cl)c(NC(=O)c2nc(N)n[nH]2)c1. The van der Waals surface area contributed by atoms with Crippen molar-refractivity contribution in [1.29, 1.82) is 5.26 Å². The summed E-state index contributed by atoms with van der Waals surface area (Å²) >= 11 is 5.89. The van der Waals surface area contributed by atoms with Crippen molar-refractivity contribution in [3.8, 4) is 6.07 Å². The van der Waals surface area contributed by atoms with Gasteiger partial charge in [-0.15, -0.1) is 5.10 Å². The summed E-state index contributed by atoms with van der Waals surface area (Å²) in [5.74, 6) is -0.612. The molecule has 0 atom stereocenters. The molecule has 1 aromatic carbocycles. The van der Waals surface area contributed by atoms with Gasteiger partial charge in [0, 0.05) is 0 Å². The van der Waals surface area contributed by atoms with Crippen LogP contribution in [0.15, 0.2) is 18.2 Å². The van der Waals surface area contributed by atoms with Crippen LogP contribution in [0.2, 0.25) is 5.02 Å². The van der Waals surface area contributed by atoms with Crippen molar-refractivity contribution in [1.82, 2.24) is 15.2 Å². The first-order valence-corrected chi connectivity index (χ1v) is 5.17. The molecule has 0 radical (unpaired) electrons. The summed E-state index contributed by atoms with van der Waals surface area (Å²) in [5, 5.41) is 17.5. The van der Waals surface area contributed by atoms with Gasteiger partial charge in [-0.1, -0.05) is 11.6 Å². The second kappa shape index (κ2) is 4.73. The highest BCUT2D eigenvalue weighted by molar-refractivity contribution is 6.33. The molecule has 0 aliphatic rings. The van der Waals surface area contributed by atoms with E-state index in [-0.39, 0.29) is 11.8 Å². The second-order valence-corrected chi connectivity index (χ2v) is 3.71.